The van der Waals surface area contributed by atoms with E-state index in [1.165, 1.54) is 31.4 Å². The molecule has 1 aliphatic heterocycles. The highest BCUT2D eigenvalue weighted by molar-refractivity contribution is 6.33. The van der Waals surface area contributed by atoms with Gasteiger partial charge in [0.15, 0.2) is 0 Å². The lowest BCUT2D eigenvalue weighted by Crippen LogP contribution is -2.52. The van der Waals surface area contributed by atoms with E-state index in [-0.39, 0.29) is 28.7 Å². The number of methoxy groups -OCH3 is 1. The van der Waals surface area contributed by atoms with E-state index in [9.17, 15) is 13.6 Å². The molecule has 0 radical (unpaired) electrons. The zero-order valence-electron chi connectivity index (χ0n) is 17.2. The molecule has 6 nitrogen and oxygen atoms in total. The topological polar surface area (TPSA) is 76.8 Å². The van der Waals surface area contributed by atoms with Crippen LogP contribution in [0.3, 0.4) is 0 Å². The Hall–Kier alpha value is -2.58. The fraction of sp³-hybridized carbons (Fsp3) is 0.409. The number of rotatable bonds is 8. The first kappa shape index (κ1) is 23.1. The lowest BCUT2D eigenvalue weighted by molar-refractivity contribution is 0.0764. The number of hydrogen-bond acceptors (Lipinski definition) is 5. The summed E-state index contributed by atoms with van der Waals surface area (Å²) < 4.78 is 38.4. The molecule has 2 aromatic carbocycles. The summed E-state index contributed by atoms with van der Waals surface area (Å²) in [5.41, 5.74) is 6.26. The molecule has 168 valence electrons. The zero-order chi connectivity index (χ0) is 22.4. The maximum absolute atomic E-state index is 14.7. The van der Waals surface area contributed by atoms with E-state index in [1.54, 1.807) is 12.1 Å². The number of nitrogens with two attached hydrogens (primary N) is 1. The van der Waals surface area contributed by atoms with Gasteiger partial charge in [-0.15, -0.1) is 0 Å². The molecule has 3 N–H and O–H groups in total. The molecule has 0 aromatic heterocycles. The van der Waals surface area contributed by atoms with Crippen LogP contribution in [0, 0.1) is 5.82 Å². The van der Waals surface area contributed by atoms with Crippen molar-refractivity contribution in [1.82, 2.24) is 10.2 Å². The van der Waals surface area contributed by atoms with Gasteiger partial charge in [0.25, 0.3) is 5.91 Å². The molecule has 1 aliphatic rings. The molecule has 31 heavy (non-hydrogen) atoms. The van der Waals surface area contributed by atoms with E-state index in [0.717, 1.165) is 0 Å². The van der Waals surface area contributed by atoms with Gasteiger partial charge >= 0.3 is 0 Å². The number of nitrogens with zero attached hydrogens (tertiary/aromatic N) is 1. The molecule has 0 spiro atoms. The number of ether oxygens (including phenoxy) is 2. The number of anilines is 1. The molecule has 1 saturated heterocycles. The van der Waals surface area contributed by atoms with Crippen LogP contribution in [0.15, 0.2) is 36.4 Å². The van der Waals surface area contributed by atoms with Crippen LogP contribution in [0.5, 0.6) is 11.5 Å². The Kier molecular flexibility index (Phi) is 7.92. The number of alkyl halides is 1. The lowest BCUT2D eigenvalue weighted by Gasteiger charge is -2.35. The Morgan fingerprint density at radius 2 is 2.06 bits per heavy atom. The van der Waals surface area contributed by atoms with Gasteiger partial charge in [0, 0.05) is 25.7 Å². The second-order valence-electron chi connectivity index (χ2n) is 7.42. The molecular formula is C22H26ClF2N3O3. The summed E-state index contributed by atoms with van der Waals surface area (Å²) in [5, 5.41) is 2.98. The van der Waals surface area contributed by atoms with Gasteiger partial charge in [-0.1, -0.05) is 11.6 Å². The molecule has 2 atom stereocenters. The third-order valence-corrected chi connectivity index (χ3v) is 5.53. The zero-order valence-corrected chi connectivity index (χ0v) is 18.0. The maximum atomic E-state index is 14.7. The Balaban J connectivity index is 1.45. The third kappa shape index (κ3) is 6.21. The van der Waals surface area contributed by atoms with Crippen LogP contribution in [0.1, 0.15) is 23.2 Å². The van der Waals surface area contributed by atoms with Crippen molar-refractivity contribution in [2.75, 3.05) is 39.1 Å². The first-order valence-electron chi connectivity index (χ1n) is 10.1. The van der Waals surface area contributed by atoms with Crippen LogP contribution in [0.2, 0.25) is 5.02 Å². The van der Waals surface area contributed by atoms with E-state index in [0.29, 0.717) is 44.0 Å². The summed E-state index contributed by atoms with van der Waals surface area (Å²) in [4.78, 5) is 14.6. The molecule has 2 aromatic rings. The van der Waals surface area contributed by atoms with E-state index in [2.05, 4.69) is 5.32 Å². The average molecular weight is 454 g/mol. The number of amides is 1. The van der Waals surface area contributed by atoms with Gasteiger partial charge in [0.2, 0.25) is 0 Å². The van der Waals surface area contributed by atoms with E-state index >= 15 is 0 Å². The molecule has 0 aliphatic carbocycles. The molecule has 3 rings (SSSR count). The fourth-order valence-corrected chi connectivity index (χ4v) is 3.67. The predicted octanol–water partition coefficient (Wildman–Crippen LogP) is 3.68. The lowest BCUT2D eigenvalue weighted by atomic mass is 10.0. The van der Waals surface area contributed by atoms with Gasteiger partial charge in [0.1, 0.15) is 23.5 Å². The number of benzene rings is 2. The summed E-state index contributed by atoms with van der Waals surface area (Å²) in [7, 11) is 1.43. The normalized spacial score (nSPS) is 19.1. The van der Waals surface area contributed by atoms with Crippen LogP contribution < -0.4 is 20.5 Å². The number of piperidine rings is 1. The van der Waals surface area contributed by atoms with Crippen molar-refractivity contribution in [2.24, 2.45) is 0 Å². The molecular weight excluding hydrogens is 428 g/mol. The average Bonchev–Trinajstić information content (AvgIpc) is 2.75. The Morgan fingerprint density at radius 1 is 1.32 bits per heavy atom. The van der Waals surface area contributed by atoms with Crippen LogP contribution >= 0.6 is 11.6 Å². The standard InChI is InChI=1S/C22H26ClF2N3O3/c1-30-21-12-19(26)17(23)11-16(21)22(29)27-20-7-9-28(13-18(20)25)8-2-10-31-15-5-3-14(24)4-6-15/h3-6,11-12,18,20H,2,7-10,13,26H2,1H3,(H,27,29)/t18-,20+/m1/s1. The van der Waals surface area contributed by atoms with Crippen LogP contribution in [0.25, 0.3) is 0 Å². The highest BCUT2D eigenvalue weighted by atomic mass is 35.5. The number of likely N-dealkylation sites (tertiary alicyclic amines) is 1. The summed E-state index contributed by atoms with van der Waals surface area (Å²) in [6.07, 6.45) is -0.00935. The monoisotopic (exact) mass is 453 g/mol. The maximum Gasteiger partial charge on any atom is 0.255 e. The van der Waals surface area contributed by atoms with Crippen molar-refractivity contribution < 1.29 is 23.0 Å². The van der Waals surface area contributed by atoms with Gasteiger partial charge in [-0.2, -0.15) is 0 Å². The van der Waals surface area contributed by atoms with Gasteiger partial charge in [-0.05, 0) is 43.2 Å². The first-order valence-corrected chi connectivity index (χ1v) is 10.4. The molecule has 9 heteroatoms. The number of carbonyl (C=O) groups is 1. The van der Waals surface area contributed by atoms with Crippen molar-refractivity contribution in [1.29, 1.82) is 0 Å². The molecule has 1 amide bonds. The number of halogens is 3. The van der Waals surface area contributed by atoms with Gasteiger partial charge in [0.05, 0.1) is 36.0 Å². The van der Waals surface area contributed by atoms with Crippen molar-refractivity contribution in [3.63, 3.8) is 0 Å². The van der Waals surface area contributed by atoms with Gasteiger partial charge < -0.3 is 25.4 Å². The number of nitrogen functional groups attached to an aromatic ring is 1. The van der Waals surface area contributed by atoms with Crippen molar-refractivity contribution >= 4 is 23.2 Å². The highest BCUT2D eigenvalue weighted by Gasteiger charge is 2.31. The van der Waals surface area contributed by atoms with Gasteiger partial charge in [-0.3, -0.25) is 4.79 Å². The van der Waals surface area contributed by atoms with Crippen LogP contribution in [-0.2, 0) is 0 Å². The van der Waals surface area contributed by atoms with Crippen LogP contribution in [-0.4, -0.2) is 56.4 Å². The third-order valence-electron chi connectivity index (χ3n) is 5.21. The fourth-order valence-electron chi connectivity index (χ4n) is 3.50. The summed E-state index contributed by atoms with van der Waals surface area (Å²) >= 11 is 6.02. The first-order chi connectivity index (χ1) is 14.9. The number of hydrogen-bond donors (Lipinski definition) is 2. The number of nitrogens with one attached hydrogen (secondary N) is 1. The Bertz CT molecular complexity index is 898. The van der Waals surface area contributed by atoms with E-state index in [1.807, 2.05) is 4.90 Å². The highest BCUT2D eigenvalue weighted by Crippen LogP contribution is 2.29. The summed E-state index contributed by atoms with van der Waals surface area (Å²) in [5.74, 6) is 0.125. The largest absolute Gasteiger partial charge is 0.496 e. The van der Waals surface area contributed by atoms with Crippen molar-refractivity contribution in [2.45, 2.75) is 25.1 Å². The van der Waals surface area contributed by atoms with Crippen LogP contribution in [0.4, 0.5) is 14.5 Å². The molecule has 0 bridgehead atoms. The summed E-state index contributed by atoms with van der Waals surface area (Å²) in [6.45, 7) is 2.00. The quantitative estimate of drug-likeness (QED) is 0.471. The smallest absolute Gasteiger partial charge is 0.255 e. The minimum Gasteiger partial charge on any atom is -0.496 e. The Labute approximate surface area is 185 Å². The minimum absolute atomic E-state index is 0.217. The van der Waals surface area contributed by atoms with Crippen molar-refractivity contribution in [3.8, 4) is 11.5 Å². The SMILES string of the molecule is COc1cc(N)c(Cl)cc1C(=O)N[C@H]1CCN(CCCOc2ccc(F)cc2)C[C@H]1F. The minimum atomic E-state index is -1.20. The number of carbonyl (C=O) groups excluding carboxylic acids is 1. The second kappa shape index (κ2) is 10.6. The van der Waals surface area contributed by atoms with Crippen molar-refractivity contribution in [3.05, 3.63) is 52.8 Å². The van der Waals surface area contributed by atoms with E-state index < -0.39 is 18.1 Å². The molecule has 0 unspecified atom stereocenters. The molecule has 1 heterocycles. The Morgan fingerprint density at radius 3 is 2.74 bits per heavy atom. The molecule has 0 saturated carbocycles. The van der Waals surface area contributed by atoms with E-state index in [4.69, 9.17) is 26.8 Å². The van der Waals surface area contributed by atoms with Gasteiger partial charge in [-0.25, -0.2) is 8.78 Å². The second-order valence-corrected chi connectivity index (χ2v) is 7.82. The summed E-state index contributed by atoms with van der Waals surface area (Å²) in [6, 6.07) is 8.14. The molecule has 1 fully saturated rings. The predicted molar refractivity (Wildman–Crippen MR) is 116 cm³/mol.